The fourth-order valence-electron chi connectivity index (χ4n) is 2.17. The quantitative estimate of drug-likeness (QED) is 0.620. The summed E-state index contributed by atoms with van der Waals surface area (Å²) in [5, 5.41) is 3.41. The first-order valence-corrected chi connectivity index (χ1v) is 8.77. The maximum atomic E-state index is 5.62. The Bertz CT molecular complexity index is 623. The molecule has 0 aliphatic rings. The minimum atomic E-state index is 0.607. The van der Waals surface area contributed by atoms with Gasteiger partial charge in [0, 0.05) is 23.3 Å². The number of methoxy groups -OCH3 is 1. The molecule has 1 aromatic heterocycles. The van der Waals surface area contributed by atoms with Crippen molar-refractivity contribution in [1.82, 2.24) is 10.3 Å². The lowest BCUT2D eigenvalue weighted by atomic mass is 10.2. The molecule has 0 radical (unpaired) electrons. The van der Waals surface area contributed by atoms with Crippen molar-refractivity contribution in [3.8, 4) is 17.4 Å². The van der Waals surface area contributed by atoms with E-state index in [1.54, 1.807) is 13.3 Å². The number of hydrogen-bond donors (Lipinski definition) is 1. The second-order valence-corrected chi connectivity index (χ2v) is 5.93. The van der Waals surface area contributed by atoms with Crippen molar-refractivity contribution in [2.24, 2.45) is 0 Å². The SMILES string of the molecule is CCOc1cc(CNCCCOc2ccccn2)c(Br)cc1OC. The number of ether oxygens (including phenoxy) is 3. The molecule has 1 heterocycles. The zero-order chi connectivity index (χ0) is 17.2. The highest BCUT2D eigenvalue weighted by molar-refractivity contribution is 9.10. The summed E-state index contributed by atoms with van der Waals surface area (Å²) in [6, 6.07) is 9.59. The Morgan fingerprint density at radius 3 is 2.75 bits per heavy atom. The van der Waals surface area contributed by atoms with Gasteiger partial charge < -0.3 is 19.5 Å². The Kier molecular flexibility index (Phi) is 7.85. The molecule has 0 unspecified atom stereocenters. The van der Waals surface area contributed by atoms with Crippen molar-refractivity contribution in [3.63, 3.8) is 0 Å². The largest absolute Gasteiger partial charge is 0.493 e. The third kappa shape index (κ3) is 5.69. The lowest BCUT2D eigenvalue weighted by Gasteiger charge is -2.13. The summed E-state index contributed by atoms with van der Waals surface area (Å²) in [6.45, 7) is 4.80. The maximum absolute atomic E-state index is 5.62. The molecule has 2 aromatic rings. The first kappa shape index (κ1) is 18.5. The minimum Gasteiger partial charge on any atom is -0.493 e. The van der Waals surface area contributed by atoms with Crippen molar-refractivity contribution in [2.75, 3.05) is 26.9 Å². The molecule has 1 aromatic carbocycles. The summed E-state index contributed by atoms with van der Waals surface area (Å²) in [5.74, 6) is 2.16. The van der Waals surface area contributed by atoms with Crippen LogP contribution in [0.2, 0.25) is 0 Å². The van der Waals surface area contributed by atoms with Gasteiger partial charge in [-0.05, 0) is 43.7 Å². The summed E-state index contributed by atoms with van der Waals surface area (Å²) in [6.07, 6.45) is 2.63. The van der Waals surface area contributed by atoms with E-state index in [1.165, 1.54) is 0 Å². The van der Waals surface area contributed by atoms with E-state index in [2.05, 4.69) is 26.2 Å². The fourth-order valence-corrected chi connectivity index (χ4v) is 2.63. The van der Waals surface area contributed by atoms with E-state index in [1.807, 2.05) is 37.3 Å². The van der Waals surface area contributed by atoms with Gasteiger partial charge in [0.25, 0.3) is 0 Å². The van der Waals surface area contributed by atoms with Crippen molar-refractivity contribution < 1.29 is 14.2 Å². The third-order valence-electron chi connectivity index (χ3n) is 3.33. The highest BCUT2D eigenvalue weighted by Crippen LogP contribution is 2.33. The summed E-state index contributed by atoms with van der Waals surface area (Å²) in [4.78, 5) is 4.12. The van der Waals surface area contributed by atoms with Crippen LogP contribution in [0, 0.1) is 0 Å². The number of halogens is 1. The molecule has 0 saturated carbocycles. The predicted molar refractivity (Wildman–Crippen MR) is 97.9 cm³/mol. The molecule has 0 amide bonds. The number of aromatic nitrogens is 1. The van der Waals surface area contributed by atoms with Gasteiger partial charge in [-0.15, -0.1) is 0 Å². The van der Waals surface area contributed by atoms with Crippen LogP contribution in [0.5, 0.6) is 17.4 Å². The molecule has 0 bridgehead atoms. The van der Waals surface area contributed by atoms with Crippen LogP contribution in [-0.4, -0.2) is 31.9 Å². The summed E-state index contributed by atoms with van der Waals surface area (Å²) >= 11 is 3.58. The van der Waals surface area contributed by atoms with Crippen molar-refractivity contribution in [1.29, 1.82) is 0 Å². The van der Waals surface area contributed by atoms with E-state index in [-0.39, 0.29) is 0 Å². The fraction of sp³-hybridized carbons (Fsp3) is 0.389. The van der Waals surface area contributed by atoms with E-state index < -0.39 is 0 Å². The molecule has 0 aliphatic carbocycles. The van der Waals surface area contributed by atoms with E-state index in [0.29, 0.717) is 19.1 Å². The number of pyridine rings is 1. The van der Waals surface area contributed by atoms with Crippen LogP contribution in [0.3, 0.4) is 0 Å². The molecule has 0 fully saturated rings. The first-order chi connectivity index (χ1) is 11.7. The average molecular weight is 395 g/mol. The van der Waals surface area contributed by atoms with Gasteiger partial charge in [0.05, 0.1) is 20.3 Å². The van der Waals surface area contributed by atoms with Crippen LogP contribution in [0.1, 0.15) is 18.9 Å². The van der Waals surface area contributed by atoms with Crippen molar-refractivity contribution in [3.05, 3.63) is 46.6 Å². The Morgan fingerprint density at radius 2 is 2.04 bits per heavy atom. The molecule has 5 nitrogen and oxygen atoms in total. The summed E-state index contributed by atoms with van der Waals surface area (Å²) < 4.78 is 17.5. The molecular weight excluding hydrogens is 372 g/mol. The number of nitrogens with zero attached hydrogens (tertiary/aromatic N) is 1. The second-order valence-electron chi connectivity index (χ2n) is 5.07. The van der Waals surface area contributed by atoms with E-state index in [0.717, 1.165) is 41.0 Å². The minimum absolute atomic E-state index is 0.607. The molecule has 24 heavy (non-hydrogen) atoms. The topological polar surface area (TPSA) is 52.6 Å². The Balaban J connectivity index is 1.76. The van der Waals surface area contributed by atoms with Crippen LogP contribution in [0.15, 0.2) is 41.0 Å². The van der Waals surface area contributed by atoms with Gasteiger partial charge >= 0.3 is 0 Å². The molecule has 0 atom stereocenters. The zero-order valence-corrected chi connectivity index (χ0v) is 15.6. The molecule has 0 saturated heterocycles. The maximum Gasteiger partial charge on any atom is 0.213 e. The van der Waals surface area contributed by atoms with Gasteiger partial charge in [0.2, 0.25) is 5.88 Å². The molecule has 0 aliphatic heterocycles. The molecule has 130 valence electrons. The van der Waals surface area contributed by atoms with Crippen LogP contribution >= 0.6 is 15.9 Å². The molecule has 6 heteroatoms. The van der Waals surface area contributed by atoms with Gasteiger partial charge in [0.1, 0.15) is 0 Å². The molecule has 1 N–H and O–H groups in total. The number of hydrogen-bond acceptors (Lipinski definition) is 5. The van der Waals surface area contributed by atoms with Crippen molar-refractivity contribution in [2.45, 2.75) is 19.9 Å². The Morgan fingerprint density at radius 1 is 1.17 bits per heavy atom. The first-order valence-electron chi connectivity index (χ1n) is 7.98. The smallest absolute Gasteiger partial charge is 0.213 e. The predicted octanol–water partition coefficient (Wildman–Crippen LogP) is 3.81. The molecule has 2 rings (SSSR count). The standard InChI is InChI=1S/C18H23BrN2O3/c1-3-23-17-11-14(15(19)12-16(17)22-2)13-20-8-6-10-24-18-7-4-5-9-21-18/h4-5,7,9,11-12,20H,3,6,8,10,13H2,1-2H3. The van der Waals surface area contributed by atoms with Crippen LogP contribution in [0.4, 0.5) is 0 Å². The van der Waals surface area contributed by atoms with Crippen LogP contribution < -0.4 is 19.5 Å². The molecule has 0 spiro atoms. The van der Waals surface area contributed by atoms with Gasteiger partial charge in [-0.3, -0.25) is 0 Å². The van der Waals surface area contributed by atoms with E-state index in [4.69, 9.17) is 14.2 Å². The average Bonchev–Trinajstić information content (AvgIpc) is 2.61. The second kappa shape index (κ2) is 10.2. The summed E-state index contributed by atoms with van der Waals surface area (Å²) in [5.41, 5.74) is 1.13. The van der Waals surface area contributed by atoms with E-state index >= 15 is 0 Å². The lowest BCUT2D eigenvalue weighted by Crippen LogP contribution is -2.17. The number of nitrogens with one attached hydrogen (secondary N) is 1. The highest BCUT2D eigenvalue weighted by Gasteiger charge is 2.09. The van der Waals surface area contributed by atoms with Crippen molar-refractivity contribution >= 4 is 15.9 Å². The van der Waals surface area contributed by atoms with Gasteiger partial charge in [-0.2, -0.15) is 0 Å². The zero-order valence-electron chi connectivity index (χ0n) is 14.0. The van der Waals surface area contributed by atoms with E-state index in [9.17, 15) is 0 Å². The highest BCUT2D eigenvalue weighted by atomic mass is 79.9. The van der Waals surface area contributed by atoms with Gasteiger partial charge in [0.15, 0.2) is 11.5 Å². The Labute approximate surface area is 151 Å². The Hall–Kier alpha value is -1.79. The summed E-state index contributed by atoms with van der Waals surface area (Å²) in [7, 11) is 1.64. The number of benzene rings is 1. The van der Waals surface area contributed by atoms with Crippen LogP contribution in [0.25, 0.3) is 0 Å². The molecular formula is C18H23BrN2O3. The van der Waals surface area contributed by atoms with Crippen LogP contribution in [-0.2, 0) is 6.54 Å². The lowest BCUT2D eigenvalue weighted by molar-refractivity contribution is 0.296. The third-order valence-corrected chi connectivity index (χ3v) is 4.07. The monoisotopic (exact) mass is 394 g/mol. The normalized spacial score (nSPS) is 10.5. The van der Waals surface area contributed by atoms with Gasteiger partial charge in [-0.1, -0.05) is 22.0 Å². The number of rotatable bonds is 10. The van der Waals surface area contributed by atoms with Gasteiger partial charge in [-0.25, -0.2) is 4.98 Å².